The van der Waals surface area contributed by atoms with E-state index in [1.165, 1.54) is 0 Å². The van der Waals surface area contributed by atoms with Gasteiger partial charge in [-0.25, -0.2) is 19.6 Å². The second-order valence-electron chi connectivity index (χ2n) is 15.8. The number of piperazine rings is 2. The quantitative estimate of drug-likeness (QED) is 0.168. The minimum atomic E-state index is -0.908. The van der Waals surface area contributed by atoms with Gasteiger partial charge in [-0.3, -0.25) is 9.59 Å². The SMILES string of the molecule is C=CCN1CC(=O)N2[C@@H](Cc3ccc(O)cc3)C(=O)N(Cc3cccc4c(-c5ccc(NC(=O)N6CCN(C)CC6)cc5)cn(C)c34)C[C@@H]2N1C(=O)NCc1ccccc1. The van der Waals surface area contributed by atoms with Crippen LogP contribution in [0.1, 0.15) is 16.7 Å². The Hall–Kier alpha value is -6.64. The number of phenolic OH excluding ortho intramolecular Hbond substituents is 1. The van der Waals surface area contributed by atoms with E-state index in [0.717, 1.165) is 57.5 Å². The highest BCUT2D eigenvalue weighted by atomic mass is 16.3. The molecule has 60 heavy (non-hydrogen) atoms. The predicted molar refractivity (Wildman–Crippen MR) is 230 cm³/mol. The second-order valence-corrected chi connectivity index (χ2v) is 15.8. The van der Waals surface area contributed by atoms with Crippen LogP contribution >= 0.6 is 0 Å². The largest absolute Gasteiger partial charge is 0.508 e. The normalized spacial score (nSPS) is 18.8. The summed E-state index contributed by atoms with van der Waals surface area (Å²) in [6, 6.07) is 28.7. The number of amides is 6. The van der Waals surface area contributed by atoms with Gasteiger partial charge in [0, 0.05) is 82.1 Å². The number of anilines is 1. The molecule has 14 heteroatoms. The molecule has 14 nitrogen and oxygen atoms in total. The van der Waals surface area contributed by atoms with Gasteiger partial charge in [-0.15, -0.1) is 6.58 Å². The van der Waals surface area contributed by atoms with Crippen LogP contribution in [-0.4, -0.2) is 128 Å². The fourth-order valence-electron chi connectivity index (χ4n) is 8.61. The molecule has 0 saturated carbocycles. The van der Waals surface area contributed by atoms with Crippen molar-refractivity contribution in [3.05, 3.63) is 133 Å². The summed E-state index contributed by atoms with van der Waals surface area (Å²) in [4.78, 5) is 63.4. The summed E-state index contributed by atoms with van der Waals surface area (Å²) in [5.74, 6) is -0.387. The van der Waals surface area contributed by atoms with Crippen LogP contribution < -0.4 is 10.6 Å². The molecule has 3 aliphatic rings. The first-order valence-corrected chi connectivity index (χ1v) is 20.3. The summed E-state index contributed by atoms with van der Waals surface area (Å²) in [6.45, 7) is 7.71. The van der Waals surface area contributed by atoms with Crippen LogP contribution in [0, 0.1) is 0 Å². The van der Waals surface area contributed by atoms with Crippen molar-refractivity contribution in [3.8, 4) is 16.9 Å². The molecule has 3 N–H and O–H groups in total. The van der Waals surface area contributed by atoms with Gasteiger partial charge in [-0.05, 0) is 53.6 Å². The number of hydrogen-bond acceptors (Lipinski definition) is 7. The molecule has 0 bridgehead atoms. The van der Waals surface area contributed by atoms with E-state index >= 15 is 0 Å². The fraction of sp³-hybridized carbons (Fsp3) is 0.304. The Bertz CT molecular complexity index is 2380. The van der Waals surface area contributed by atoms with Crippen molar-refractivity contribution in [1.29, 1.82) is 0 Å². The van der Waals surface area contributed by atoms with Crippen LogP contribution in [0.3, 0.4) is 0 Å². The van der Waals surface area contributed by atoms with E-state index in [2.05, 4.69) is 46.0 Å². The number of rotatable bonds is 10. The van der Waals surface area contributed by atoms with Gasteiger partial charge in [0.25, 0.3) is 0 Å². The lowest BCUT2D eigenvalue weighted by Gasteiger charge is -2.55. The average molecular weight is 810 g/mol. The molecule has 8 rings (SSSR count). The lowest BCUT2D eigenvalue weighted by molar-refractivity contribution is -0.189. The summed E-state index contributed by atoms with van der Waals surface area (Å²) in [7, 11) is 4.04. The molecule has 6 amide bonds. The van der Waals surface area contributed by atoms with Gasteiger partial charge in [-0.1, -0.05) is 78.9 Å². The molecule has 4 aromatic carbocycles. The molecule has 5 aromatic rings. The molecule has 0 radical (unpaired) electrons. The number of phenols is 1. The second kappa shape index (κ2) is 17.3. The van der Waals surface area contributed by atoms with Crippen LogP contribution in [-0.2, 0) is 36.1 Å². The number of likely N-dealkylation sites (N-methyl/N-ethyl adjacent to an activating group) is 1. The molecular formula is C46H51N9O5. The molecule has 310 valence electrons. The van der Waals surface area contributed by atoms with Gasteiger partial charge in [0.2, 0.25) is 11.8 Å². The summed E-state index contributed by atoms with van der Waals surface area (Å²) < 4.78 is 2.07. The summed E-state index contributed by atoms with van der Waals surface area (Å²) >= 11 is 0. The van der Waals surface area contributed by atoms with Gasteiger partial charge in [-0.2, -0.15) is 0 Å². The average Bonchev–Trinajstić information content (AvgIpc) is 3.59. The number of hydrazine groups is 1. The monoisotopic (exact) mass is 809 g/mol. The molecule has 2 atom stereocenters. The third-order valence-corrected chi connectivity index (χ3v) is 11.7. The minimum absolute atomic E-state index is 0.0814. The highest BCUT2D eigenvalue weighted by Gasteiger charge is 2.51. The Morgan fingerprint density at radius 2 is 1.58 bits per heavy atom. The van der Waals surface area contributed by atoms with Gasteiger partial charge in [0.15, 0.2) is 0 Å². The topological polar surface area (TPSA) is 137 Å². The zero-order valence-electron chi connectivity index (χ0n) is 34.0. The fourth-order valence-corrected chi connectivity index (χ4v) is 8.61. The third-order valence-electron chi connectivity index (χ3n) is 11.7. The Labute approximate surface area is 349 Å². The number of benzene rings is 4. The zero-order chi connectivity index (χ0) is 41.9. The third kappa shape index (κ3) is 8.29. The van der Waals surface area contributed by atoms with Crippen LogP contribution in [0.5, 0.6) is 5.75 Å². The van der Waals surface area contributed by atoms with Gasteiger partial charge < -0.3 is 39.9 Å². The first-order valence-electron chi connectivity index (χ1n) is 20.3. The standard InChI is InChI=1S/C46H51N9O5/c1-4-21-53-31-42(57)54-40(26-32-13-19-37(56)20-14-32)44(58)52(30-41(54)55(53)45(59)47-27-33-9-6-5-7-10-33)28-35-11-8-12-38-39(29-50(3)43(35)38)34-15-17-36(18-16-34)48-46(60)51-24-22-49(2)23-25-51/h4-20,29,40-41,56H,1,21-28,30-31H2,2-3H3,(H,47,59)(H,48,60)/t40-,41-/m0/s1. The Morgan fingerprint density at radius 3 is 2.30 bits per heavy atom. The highest BCUT2D eigenvalue weighted by molar-refractivity contribution is 5.99. The van der Waals surface area contributed by atoms with E-state index in [4.69, 9.17) is 0 Å². The molecule has 0 aliphatic carbocycles. The maximum atomic E-state index is 14.8. The Balaban J connectivity index is 1.09. The lowest BCUT2D eigenvalue weighted by Crippen LogP contribution is -2.76. The van der Waals surface area contributed by atoms with Crippen LogP contribution in [0.2, 0.25) is 0 Å². The molecule has 3 saturated heterocycles. The molecule has 0 unspecified atom stereocenters. The first-order chi connectivity index (χ1) is 29.1. The van der Waals surface area contributed by atoms with Crippen molar-refractivity contribution >= 4 is 40.5 Å². The zero-order valence-corrected chi connectivity index (χ0v) is 34.0. The van der Waals surface area contributed by atoms with E-state index in [1.54, 1.807) is 50.2 Å². The molecule has 0 spiro atoms. The van der Waals surface area contributed by atoms with Crippen LogP contribution in [0.25, 0.3) is 22.0 Å². The number of aryl methyl sites for hydroxylation is 1. The number of aromatic hydroxyl groups is 1. The Morgan fingerprint density at radius 1 is 0.850 bits per heavy atom. The number of aromatic nitrogens is 1. The molecule has 4 heterocycles. The van der Waals surface area contributed by atoms with E-state index < -0.39 is 12.2 Å². The number of nitrogens with one attached hydrogen (secondary N) is 2. The summed E-state index contributed by atoms with van der Waals surface area (Å²) in [6.07, 6.45) is 3.13. The lowest BCUT2D eigenvalue weighted by atomic mass is 9.97. The Kier molecular flexibility index (Phi) is 11.6. The molecule has 3 fully saturated rings. The molecule has 1 aromatic heterocycles. The van der Waals surface area contributed by atoms with Crippen molar-refractivity contribution < 1.29 is 24.3 Å². The van der Waals surface area contributed by atoms with Crippen LogP contribution in [0.4, 0.5) is 15.3 Å². The molecule has 3 aliphatic heterocycles. The number of carbonyl (C=O) groups excluding carboxylic acids is 4. The van der Waals surface area contributed by atoms with Crippen molar-refractivity contribution in [2.24, 2.45) is 7.05 Å². The smallest absolute Gasteiger partial charge is 0.334 e. The highest BCUT2D eigenvalue weighted by Crippen LogP contribution is 2.35. The van der Waals surface area contributed by atoms with Crippen molar-refractivity contribution in [3.63, 3.8) is 0 Å². The van der Waals surface area contributed by atoms with E-state index in [-0.39, 0.29) is 68.8 Å². The van der Waals surface area contributed by atoms with Gasteiger partial charge in [0.1, 0.15) is 18.0 Å². The van der Waals surface area contributed by atoms with Crippen LogP contribution in [0.15, 0.2) is 116 Å². The maximum absolute atomic E-state index is 14.8. The molecular weight excluding hydrogens is 759 g/mol. The van der Waals surface area contributed by atoms with E-state index in [1.807, 2.05) is 78.7 Å². The predicted octanol–water partition coefficient (Wildman–Crippen LogP) is 5.07. The van der Waals surface area contributed by atoms with Gasteiger partial charge >= 0.3 is 12.1 Å². The van der Waals surface area contributed by atoms with Crippen molar-refractivity contribution in [2.45, 2.75) is 31.7 Å². The number of hydrogen-bond donors (Lipinski definition) is 3. The van der Waals surface area contributed by atoms with E-state index in [9.17, 15) is 24.3 Å². The number of para-hydroxylation sites is 1. The van der Waals surface area contributed by atoms with E-state index in [0.29, 0.717) is 13.1 Å². The number of carbonyl (C=O) groups is 4. The number of fused-ring (bicyclic) bond motifs is 2. The summed E-state index contributed by atoms with van der Waals surface area (Å²) in [5, 5.41) is 20.4. The van der Waals surface area contributed by atoms with Gasteiger partial charge in [0.05, 0.1) is 18.6 Å². The minimum Gasteiger partial charge on any atom is -0.508 e. The first kappa shape index (κ1) is 40.2. The van der Waals surface area contributed by atoms with Crippen molar-refractivity contribution in [2.75, 3.05) is 58.2 Å². The number of nitrogens with zero attached hydrogens (tertiary/aromatic N) is 7. The summed E-state index contributed by atoms with van der Waals surface area (Å²) in [5.41, 5.74) is 6.27. The number of urea groups is 2. The maximum Gasteiger partial charge on any atom is 0.334 e. The van der Waals surface area contributed by atoms with Crippen molar-refractivity contribution in [1.82, 2.24) is 39.5 Å².